The van der Waals surface area contributed by atoms with Crippen LogP contribution >= 0.6 is 22.9 Å². The van der Waals surface area contributed by atoms with E-state index in [9.17, 15) is 4.79 Å². The number of aromatic nitrogens is 2. The Balaban J connectivity index is 1.93. The molecule has 2 aromatic heterocycles. The van der Waals surface area contributed by atoms with Gasteiger partial charge in [-0.2, -0.15) is 0 Å². The van der Waals surface area contributed by atoms with Crippen molar-refractivity contribution >= 4 is 44.9 Å². The fraction of sp³-hybridized carbons (Fsp3) is 0.188. The highest BCUT2D eigenvalue weighted by Crippen LogP contribution is 2.33. The standard InChI is InChI=1S/C16H14ClN3O2S/c1-9-12-14(18-7-10-3-5-11(17)6-4-10)19-8-20-15(12)23-13(9)16(21)22-2/h3-6,8H,7H2,1-2H3,(H,18,19,20). The molecule has 0 aliphatic rings. The second-order valence-electron chi connectivity index (χ2n) is 4.93. The third kappa shape index (κ3) is 3.13. The van der Waals surface area contributed by atoms with Crippen LogP contribution in [0.1, 0.15) is 20.8 Å². The Morgan fingerprint density at radius 1 is 1.30 bits per heavy atom. The van der Waals surface area contributed by atoms with Gasteiger partial charge in [-0.25, -0.2) is 14.8 Å². The molecule has 0 saturated carbocycles. The van der Waals surface area contributed by atoms with E-state index < -0.39 is 0 Å². The van der Waals surface area contributed by atoms with Crippen LogP contribution in [0.3, 0.4) is 0 Å². The molecule has 0 aliphatic carbocycles. The molecule has 0 spiro atoms. The van der Waals surface area contributed by atoms with E-state index in [4.69, 9.17) is 16.3 Å². The Hall–Kier alpha value is -2.18. The number of nitrogens with zero attached hydrogens (tertiary/aromatic N) is 2. The first-order valence-corrected chi connectivity index (χ1v) is 8.10. The van der Waals surface area contributed by atoms with Crippen molar-refractivity contribution in [2.24, 2.45) is 0 Å². The summed E-state index contributed by atoms with van der Waals surface area (Å²) >= 11 is 7.20. The maximum Gasteiger partial charge on any atom is 0.348 e. The lowest BCUT2D eigenvalue weighted by atomic mass is 10.2. The van der Waals surface area contributed by atoms with E-state index in [1.165, 1.54) is 24.8 Å². The van der Waals surface area contributed by atoms with Gasteiger partial charge in [0.1, 0.15) is 21.9 Å². The number of halogens is 1. The molecule has 3 aromatic rings. The number of hydrogen-bond donors (Lipinski definition) is 1. The molecule has 0 saturated heterocycles. The SMILES string of the molecule is COC(=O)c1sc2ncnc(NCc3ccc(Cl)cc3)c2c1C. The normalized spacial score (nSPS) is 10.7. The van der Waals surface area contributed by atoms with Gasteiger partial charge in [-0.15, -0.1) is 11.3 Å². The van der Waals surface area contributed by atoms with Gasteiger partial charge in [0, 0.05) is 11.6 Å². The third-order valence-electron chi connectivity index (χ3n) is 3.47. The maximum absolute atomic E-state index is 11.8. The van der Waals surface area contributed by atoms with Crippen molar-refractivity contribution in [2.45, 2.75) is 13.5 Å². The summed E-state index contributed by atoms with van der Waals surface area (Å²) in [5, 5.41) is 4.85. The van der Waals surface area contributed by atoms with E-state index in [2.05, 4.69) is 15.3 Å². The lowest BCUT2D eigenvalue weighted by Gasteiger charge is -2.07. The summed E-state index contributed by atoms with van der Waals surface area (Å²) in [6, 6.07) is 7.60. The predicted molar refractivity (Wildman–Crippen MR) is 92.3 cm³/mol. The molecular formula is C16H14ClN3O2S. The van der Waals surface area contributed by atoms with Gasteiger partial charge in [0.2, 0.25) is 0 Å². The minimum atomic E-state index is -0.353. The summed E-state index contributed by atoms with van der Waals surface area (Å²) in [5.74, 6) is 0.350. The molecule has 3 rings (SSSR count). The van der Waals surface area contributed by atoms with Crippen molar-refractivity contribution in [3.8, 4) is 0 Å². The first-order chi connectivity index (χ1) is 11.1. The number of anilines is 1. The molecule has 7 heteroatoms. The zero-order valence-corrected chi connectivity index (χ0v) is 14.2. The Kier molecular flexibility index (Phi) is 4.45. The first-order valence-electron chi connectivity index (χ1n) is 6.91. The minimum absolute atomic E-state index is 0.353. The Labute approximate surface area is 142 Å². The van der Waals surface area contributed by atoms with Crippen LogP contribution in [0.4, 0.5) is 5.82 Å². The van der Waals surface area contributed by atoms with Crippen LogP contribution in [0, 0.1) is 6.92 Å². The zero-order chi connectivity index (χ0) is 16.4. The van der Waals surface area contributed by atoms with Crippen molar-refractivity contribution in [1.29, 1.82) is 0 Å². The van der Waals surface area contributed by atoms with Crippen molar-refractivity contribution in [2.75, 3.05) is 12.4 Å². The van der Waals surface area contributed by atoms with Gasteiger partial charge in [0.15, 0.2) is 0 Å². The van der Waals surface area contributed by atoms with E-state index in [-0.39, 0.29) is 5.97 Å². The number of nitrogens with one attached hydrogen (secondary N) is 1. The number of carbonyl (C=O) groups is 1. The highest BCUT2D eigenvalue weighted by atomic mass is 35.5. The van der Waals surface area contributed by atoms with Crippen LogP contribution in [0.5, 0.6) is 0 Å². The number of ether oxygens (including phenoxy) is 1. The number of fused-ring (bicyclic) bond motifs is 1. The third-order valence-corrected chi connectivity index (χ3v) is 4.90. The van der Waals surface area contributed by atoms with Gasteiger partial charge in [-0.3, -0.25) is 0 Å². The van der Waals surface area contributed by atoms with Crippen molar-refractivity contribution < 1.29 is 9.53 Å². The van der Waals surface area contributed by atoms with Gasteiger partial charge >= 0.3 is 5.97 Å². The fourth-order valence-electron chi connectivity index (χ4n) is 2.28. The van der Waals surface area contributed by atoms with Crippen molar-refractivity contribution in [3.05, 3.63) is 51.6 Å². The summed E-state index contributed by atoms with van der Waals surface area (Å²) < 4.78 is 4.82. The lowest BCUT2D eigenvalue weighted by Crippen LogP contribution is -2.03. The highest BCUT2D eigenvalue weighted by Gasteiger charge is 2.19. The molecule has 0 atom stereocenters. The lowest BCUT2D eigenvalue weighted by molar-refractivity contribution is 0.0605. The molecule has 0 aliphatic heterocycles. The van der Waals surface area contributed by atoms with E-state index in [1.54, 1.807) is 0 Å². The molecule has 23 heavy (non-hydrogen) atoms. The van der Waals surface area contributed by atoms with Crippen molar-refractivity contribution in [1.82, 2.24) is 9.97 Å². The Morgan fingerprint density at radius 3 is 2.74 bits per heavy atom. The Morgan fingerprint density at radius 2 is 2.04 bits per heavy atom. The molecule has 5 nitrogen and oxygen atoms in total. The number of hydrogen-bond acceptors (Lipinski definition) is 6. The van der Waals surface area contributed by atoms with E-state index in [1.807, 2.05) is 31.2 Å². The molecular weight excluding hydrogens is 334 g/mol. The molecule has 1 N–H and O–H groups in total. The molecule has 0 bridgehead atoms. The van der Waals surface area contributed by atoms with Crippen LogP contribution in [-0.4, -0.2) is 23.0 Å². The predicted octanol–water partition coefficient (Wildman–Crippen LogP) is 4.05. The molecule has 0 radical (unpaired) electrons. The monoisotopic (exact) mass is 347 g/mol. The number of methoxy groups -OCH3 is 1. The average molecular weight is 348 g/mol. The van der Waals surface area contributed by atoms with Gasteiger partial charge in [-0.05, 0) is 30.2 Å². The smallest absolute Gasteiger partial charge is 0.348 e. The summed E-state index contributed by atoms with van der Waals surface area (Å²) in [6.45, 7) is 2.48. The first kappa shape index (κ1) is 15.7. The summed E-state index contributed by atoms with van der Waals surface area (Å²) in [7, 11) is 1.37. The van der Waals surface area contributed by atoms with E-state index in [0.29, 0.717) is 22.3 Å². The zero-order valence-electron chi connectivity index (χ0n) is 12.6. The second-order valence-corrected chi connectivity index (χ2v) is 6.37. The molecule has 0 amide bonds. The average Bonchev–Trinajstić information content (AvgIpc) is 2.91. The van der Waals surface area contributed by atoms with E-state index >= 15 is 0 Å². The summed E-state index contributed by atoms with van der Waals surface area (Å²) in [6.07, 6.45) is 1.49. The summed E-state index contributed by atoms with van der Waals surface area (Å²) in [4.78, 5) is 21.7. The fourth-order valence-corrected chi connectivity index (χ4v) is 3.47. The molecule has 2 heterocycles. The van der Waals surface area contributed by atoms with Gasteiger partial charge in [0.05, 0.1) is 12.5 Å². The quantitative estimate of drug-likeness (QED) is 0.721. The number of esters is 1. The maximum atomic E-state index is 11.8. The van der Waals surface area contributed by atoms with Crippen LogP contribution in [0.15, 0.2) is 30.6 Å². The van der Waals surface area contributed by atoms with Crippen LogP contribution < -0.4 is 5.32 Å². The largest absolute Gasteiger partial charge is 0.465 e. The Bertz CT molecular complexity index is 862. The molecule has 1 aromatic carbocycles. The van der Waals surface area contributed by atoms with Crippen LogP contribution in [0.25, 0.3) is 10.2 Å². The number of benzene rings is 1. The summed E-state index contributed by atoms with van der Waals surface area (Å²) in [5.41, 5.74) is 1.92. The van der Waals surface area contributed by atoms with Gasteiger partial charge in [0.25, 0.3) is 0 Å². The van der Waals surface area contributed by atoms with Gasteiger partial charge < -0.3 is 10.1 Å². The topological polar surface area (TPSA) is 64.1 Å². The van der Waals surface area contributed by atoms with Gasteiger partial charge in [-0.1, -0.05) is 23.7 Å². The number of thiophene rings is 1. The number of rotatable bonds is 4. The molecule has 0 fully saturated rings. The minimum Gasteiger partial charge on any atom is -0.465 e. The molecule has 0 unspecified atom stereocenters. The second kappa shape index (κ2) is 6.52. The number of carbonyl (C=O) groups excluding carboxylic acids is 1. The number of aryl methyl sites for hydroxylation is 1. The van der Waals surface area contributed by atoms with Crippen molar-refractivity contribution in [3.63, 3.8) is 0 Å². The van der Waals surface area contributed by atoms with Crippen LogP contribution in [0.2, 0.25) is 5.02 Å². The highest BCUT2D eigenvalue weighted by molar-refractivity contribution is 7.20. The molecule has 118 valence electrons. The van der Waals surface area contributed by atoms with Crippen LogP contribution in [-0.2, 0) is 11.3 Å². The van der Waals surface area contributed by atoms with E-state index in [0.717, 1.165) is 21.3 Å².